The zero-order chi connectivity index (χ0) is 16.3. The van der Waals surface area contributed by atoms with Crippen molar-refractivity contribution in [3.63, 3.8) is 0 Å². The maximum absolute atomic E-state index is 11.4. The SMILES string of the molecule is CCOC(=O)COc1cc2cc(C(O)CC)sc2c(Cl)c1Cl. The highest BCUT2D eigenvalue weighted by atomic mass is 35.5. The number of aliphatic hydroxyl groups excluding tert-OH is 1. The van der Waals surface area contributed by atoms with Gasteiger partial charge in [0.1, 0.15) is 10.8 Å². The molecule has 0 saturated heterocycles. The van der Waals surface area contributed by atoms with E-state index in [4.69, 9.17) is 32.7 Å². The summed E-state index contributed by atoms with van der Waals surface area (Å²) in [6, 6.07) is 3.57. The Kier molecular flexibility index (Phi) is 5.92. The molecular weight excluding hydrogens is 347 g/mol. The Morgan fingerprint density at radius 2 is 2.05 bits per heavy atom. The van der Waals surface area contributed by atoms with Crippen molar-refractivity contribution >= 4 is 50.6 Å². The van der Waals surface area contributed by atoms with Gasteiger partial charge >= 0.3 is 5.97 Å². The molecule has 0 radical (unpaired) electrons. The van der Waals surface area contributed by atoms with E-state index < -0.39 is 12.1 Å². The summed E-state index contributed by atoms with van der Waals surface area (Å²) in [6.07, 6.45) is 0.0841. The molecule has 0 spiro atoms. The summed E-state index contributed by atoms with van der Waals surface area (Å²) < 4.78 is 11.0. The minimum atomic E-state index is -0.531. The molecule has 1 heterocycles. The topological polar surface area (TPSA) is 55.8 Å². The number of hydrogen-bond acceptors (Lipinski definition) is 5. The summed E-state index contributed by atoms with van der Waals surface area (Å²) in [5.41, 5.74) is 0. The van der Waals surface area contributed by atoms with E-state index in [0.717, 1.165) is 15.0 Å². The largest absolute Gasteiger partial charge is 0.480 e. The van der Waals surface area contributed by atoms with E-state index in [1.165, 1.54) is 11.3 Å². The fourth-order valence-electron chi connectivity index (χ4n) is 1.93. The van der Waals surface area contributed by atoms with Gasteiger partial charge in [-0.25, -0.2) is 4.79 Å². The first-order chi connectivity index (χ1) is 10.5. The number of ether oxygens (including phenoxy) is 2. The number of rotatable bonds is 6. The lowest BCUT2D eigenvalue weighted by molar-refractivity contribution is -0.145. The molecule has 0 bridgehead atoms. The van der Waals surface area contributed by atoms with Crippen molar-refractivity contribution in [3.8, 4) is 5.75 Å². The molecule has 1 aromatic heterocycles. The van der Waals surface area contributed by atoms with Crippen LogP contribution in [-0.2, 0) is 9.53 Å². The third kappa shape index (κ3) is 3.66. The molecule has 1 atom stereocenters. The van der Waals surface area contributed by atoms with Gasteiger partial charge in [-0.3, -0.25) is 0 Å². The first-order valence-electron chi connectivity index (χ1n) is 6.85. The summed E-state index contributed by atoms with van der Waals surface area (Å²) in [7, 11) is 0. The van der Waals surface area contributed by atoms with Gasteiger partial charge in [0.2, 0.25) is 0 Å². The number of aliphatic hydroxyl groups is 1. The van der Waals surface area contributed by atoms with Crippen LogP contribution in [0.1, 0.15) is 31.2 Å². The van der Waals surface area contributed by atoms with Crippen molar-refractivity contribution in [2.45, 2.75) is 26.4 Å². The molecule has 1 N–H and O–H groups in total. The maximum Gasteiger partial charge on any atom is 0.344 e. The van der Waals surface area contributed by atoms with Crippen LogP contribution in [0.2, 0.25) is 10.0 Å². The Hall–Kier alpha value is -1.01. The van der Waals surface area contributed by atoms with Crippen molar-refractivity contribution in [1.29, 1.82) is 0 Å². The minimum Gasteiger partial charge on any atom is -0.480 e. The smallest absolute Gasteiger partial charge is 0.344 e. The van der Waals surface area contributed by atoms with Crippen molar-refractivity contribution in [1.82, 2.24) is 0 Å². The van der Waals surface area contributed by atoms with E-state index >= 15 is 0 Å². The van der Waals surface area contributed by atoms with E-state index in [2.05, 4.69) is 0 Å². The molecule has 0 saturated carbocycles. The van der Waals surface area contributed by atoms with Crippen molar-refractivity contribution in [3.05, 3.63) is 27.1 Å². The molecule has 0 aliphatic heterocycles. The molecule has 7 heteroatoms. The maximum atomic E-state index is 11.4. The lowest BCUT2D eigenvalue weighted by Gasteiger charge is -2.09. The Balaban J connectivity index is 2.32. The average molecular weight is 363 g/mol. The molecule has 2 aromatic rings. The number of carbonyl (C=O) groups excluding carboxylic acids is 1. The number of esters is 1. The molecule has 1 unspecified atom stereocenters. The summed E-state index contributed by atoms with van der Waals surface area (Å²) in [5, 5.41) is 11.4. The van der Waals surface area contributed by atoms with Crippen molar-refractivity contribution < 1.29 is 19.4 Å². The van der Waals surface area contributed by atoms with Crippen LogP contribution in [0.3, 0.4) is 0 Å². The molecule has 0 amide bonds. The zero-order valence-electron chi connectivity index (χ0n) is 12.2. The number of fused-ring (bicyclic) bond motifs is 1. The number of hydrogen-bond donors (Lipinski definition) is 1. The highest BCUT2D eigenvalue weighted by molar-refractivity contribution is 7.19. The van der Waals surface area contributed by atoms with Gasteiger partial charge in [-0.1, -0.05) is 30.1 Å². The molecule has 1 aromatic carbocycles. The van der Waals surface area contributed by atoms with Gasteiger partial charge in [0, 0.05) is 4.88 Å². The summed E-state index contributed by atoms with van der Waals surface area (Å²) in [4.78, 5) is 12.2. The molecular formula is C15H16Cl2O4S. The molecule has 0 aliphatic rings. The third-order valence-corrected chi connectivity index (χ3v) is 5.27. The number of carbonyl (C=O) groups is 1. The first kappa shape index (κ1) is 17.3. The van der Waals surface area contributed by atoms with Crippen molar-refractivity contribution in [2.75, 3.05) is 13.2 Å². The number of thiophene rings is 1. The van der Waals surface area contributed by atoms with Crippen LogP contribution in [0.15, 0.2) is 12.1 Å². The van der Waals surface area contributed by atoms with E-state index in [0.29, 0.717) is 23.8 Å². The monoisotopic (exact) mass is 362 g/mol. The van der Waals surface area contributed by atoms with Gasteiger partial charge in [-0.2, -0.15) is 0 Å². The predicted molar refractivity (Wildman–Crippen MR) is 89.2 cm³/mol. The first-order valence-corrected chi connectivity index (χ1v) is 8.43. The van der Waals surface area contributed by atoms with Crippen LogP contribution in [0.5, 0.6) is 5.75 Å². The highest BCUT2D eigenvalue weighted by Crippen LogP contribution is 2.43. The second-order valence-corrected chi connectivity index (χ2v) is 6.43. The van der Waals surface area contributed by atoms with E-state index in [1.807, 2.05) is 13.0 Å². The number of halogens is 2. The van der Waals surface area contributed by atoms with E-state index in [-0.39, 0.29) is 11.6 Å². The van der Waals surface area contributed by atoms with Crippen LogP contribution >= 0.6 is 34.5 Å². The van der Waals surface area contributed by atoms with Gasteiger partial charge < -0.3 is 14.6 Å². The Morgan fingerprint density at radius 3 is 2.68 bits per heavy atom. The molecule has 2 rings (SSSR count). The molecule has 22 heavy (non-hydrogen) atoms. The third-order valence-electron chi connectivity index (χ3n) is 3.04. The molecule has 120 valence electrons. The van der Waals surface area contributed by atoms with Gasteiger partial charge in [0.15, 0.2) is 6.61 Å². The molecule has 0 aliphatic carbocycles. The van der Waals surface area contributed by atoms with E-state index in [9.17, 15) is 9.90 Å². The second kappa shape index (κ2) is 7.51. The summed E-state index contributed by atoms with van der Waals surface area (Å²) >= 11 is 13.9. The van der Waals surface area contributed by atoms with Gasteiger partial charge in [-0.05, 0) is 30.9 Å². The lowest BCUT2D eigenvalue weighted by Crippen LogP contribution is -2.14. The normalized spacial score (nSPS) is 12.4. The molecule has 4 nitrogen and oxygen atoms in total. The minimum absolute atomic E-state index is 0.232. The zero-order valence-corrected chi connectivity index (χ0v) is 14.5. The van der Waals surface area contributed by atoms with Gasteiger partial charge in [0.25, 0.3) is 0 Å². The average Bonchev–Trinajstić information content (AvgIpc) is 2.93. The summed E-state index contributed by atoms with van der Waals surface area (Å²) in [6.45, 7) is 3.68. The highest BCUT2D eigenvalue weighted by Gasteiger charge is 2.17. The van der Waals surface area contributed by atoms with Crippen LogP contribution in [0, 0.1) is 0 Å². The predicted octanol–water partition coefficient (Wildman–Crippen LogP) is 4.59. The molecule has 0 fully saturated rings. The Morgan fingerprint density at radius 1 is 1.32 bits per heavy atom. The van der Waals surface area contributed by atoms with Crippen LogP contribution in [-0.4, -0.2) is 24.3 Å². The van der Waals surface area contributed by atoms with E-state index in [1.54, 1.807) is 13.0 Å². The summed E-state index contributed by atoms with van der Waals surface area (Å²) in [5.74, 6) is -0.148. The van der Waals surface area contributed by atoms with Gasteiger partial charge in [0.05, 0.1) is 22.4 Å². The fraction of sp³-hybridized carbons (Fsp3) is 0.400. The Bertz CT molecular complexity index is 684. The standard InChI is InChI=1S/C15H16Cl2O4S/c1-3-9(18)11-6-8-5-10(21-7-12(19)20-4-2)13(16)14(17)15(8)22-11/h5-6,9,18H,3-4,7H2,1-2H3. The van der Waals surface area contributed by atoms with Crippen LogP contribution in [0.4, 0.5) is 0 Å². The van der Waals surface area contributed by atoms with Crippen LogP contribution in [0.25, 0.3) is 10.1 Å². The fourth-order valence-corrected chi connectivity index (χ4v) is 3.66. The Labute approximate surface area is 142 Å². The second-order valence-electron chi connectivity index (χ2n) is 4.59. The van der Waals surface area contributed by atoms with Gasteiger partial charge in [-0.15, -0.1) is 11.3 Å². The van der Waals surface area contributed by atoms with Crippen molar-refractivity contribution in [2.24, 2.45) is 0 Å². The quantitative estimate of drug-likeness (QED) is 0.763. The number of benzene rings is 1. The lowest BCUT2D eigenvalue weighted by atomic mass is 10.2. The van der Waals surface area contributed by atoms with Crippen LogP contribution < -0.4 is 4.74 Å².